The Balaban J connectivity index is 2.07. The van der Waals surface area contributed by atoms with Crippen molar-refractivity contribution in [2.45, 2.75) is 32.2 Å². The van der Waals surface area contributed by atoms with Gasteiger partial charge in [0, 0.05) is 25.2 Å². The van der Waals surface area contributed by atoms with Crippen LogP contribution in [0.5, 0.6) is 0 Å². The summed E-state index contributed by atoms with van der Waals surface area (Å²) in [7, 11) is 0. The number of para-hydroxylation sites is 1. The first-order chi connectivity index (χ1) is 10.2. The molecule has 0 bridgehead atoms. The van der Waals surface area contributed by atoms with Gasteiger partial charge in [-0.15, -0.1) is 0 Å². The third kappa shape index (κ3) is 3.42. The third-order valence-corrected chi connectivity index (χ3v) is 3.88. The highest BCUT2D eigenvalue weighted by molar-refractivity contribution is 6.01. The van der Waals surface area contributed by atoms with Crippen LogP contribution >= 0.6 is 0 Å². The molecule has 114 valence electrons. The van der Waals surface area contributed by atoms with Crippen molar-refractivity contribution in [2.24, 2.45) is 5.73 Å². The van der Waals surface area contributed by atoms with Crippen LogP contribution in [0.2, 0.25) is 0 Å². The monoisotopic (exact) mass is 289 g/mol. The predicted octanol–water partition coefficient (Wildman–Crippen LogP) is 1.38. The maximum atomic E-state index is 12.6. The van der Waals surface area contributed by atoms with Crippen LogP contribution in [0.4, 0.5) is 5.69 Å². The van der Waals surface area contributed by atoms with Gasteiger partial charge in [-0.2, -0.15) is 0 Å². The summed E-state index contributed by atoms with van der Waals surface area (Å²) in [6.45, 7) is 3.63. The summed E-state index contributed by atoms with van der Waals surface area (Å²) in [5.41, 5.74) is 6.35. The number of carbonyl (C=O) groups is 2. The second kappa shape index (κ2) is 7.22. The summed E-state index contributed by atoms with van der Waals surface area (Å²) >= 11 is 0. The van der Waals surface area contributed by atoms with Gasteiger partial charge in [-0.05, 0) is 38.4 Å². The molecule has 5 heteroatoms. The summed E-state index contributed by atoms with van der Waals surface area (Å²) in [6, 6.07) is 9.27. The van der Waals surface area contributed by atoms with Gasteiger partial charge in [0.05, 0.1) is 0 Å². The molecule has 21 heavy (non-hydrogen) atoms. The lowest BCUT2D eigenvalue weighted by Gasteiger charge is -2.27. The van der Waals surface area contributed by atoms with E-state index in [1.54, 1.807) is 9.80 Å². The van der Waals surface area contributed by atoms with Crippen LogP contribution in [0.3, 0.4) is 0 Å². The van der Waals surface area contributed by atoms with Crippen LogP contribution in [0.15, 0.2) is 30.3 Å². The van der Waals surface area contributed by atoms with Gasteiger partial charge >= 0.3 is 0 Å². The Kier molecular flexibility index (Phi) is 5.33. The number of benzene rings is 1. The highest BCUT2D eigenvalue weighted by atomic mass is 16.2. The largest absolute Gasteiger partial charge is 0.331 e. The normalized spacial score (nSPS) is 18.1. The lowest BCUT2D eigenvalue weighted by Crippen LogP contribution is -2.45. The molecule has 2 rings (SSSR count). The van der Waals surface area contributed by atoms with Crippen LogP contribution in [0.25, 0.3) is 0 Å². The Morgan fingerprint density at radius 2 is 2.10 bits per heavy atom. The number of amides is 2. The minimum atomic E-state index is -0.333. The van der Waals surface area contributed by atoms with Crippen LogP contribution in [0, 0.1) is 0 Å². The summed E-state index contributed by atoms with van der Waals surface area (Å²) in [5.74, 6) is 0.0420. The average molecular weight is 289 g/mol. The van der Waals surface area contributed by atoms with E-state index in [1.807, 2.05) is 37.3 Å². The zero-order chi connectivity index (χ0) is 15.2. The SMILES string of the molecule is CCN(C(=O)CCCN)C1CCN(c2ccccc2)C1=O. The van der Waals surface area contributed by atoms with Crippen molar-refractivity contribution in [1.29, 1.82) is 0 Å². The molecule has 2 amide bonds. The molecule has 1 unspecified atom stereocenters. The number of nitrogens with two attached hydrogens (primary N) is 1. The number of anilines is 1. The van der Waals surface area contributed by atoms with Gasteiger partial charge in [-0.25, -0.2) is 0 Å². The minimum Gasteiger partial charge on any atom is -0.331 e. The predicted molar refractivity (Wildman–Crippen MR) is 82.9 cm³/mol. The molecule has 1 fully saturated rings. The van der Waals surface area contributed by atoms with Crippen molar-refractivity contribution < 1.29 is 9.59 Å². The molecular weight excluding hydrogens is 266 g/mol. The first-order valence-corrected chi connectivity index (χ1v) is 7.55. The van der Waals surface area contributed by atoms with Crippen molar-refractivity contribution in [1.82, 2.24) is 4.90 Å². The molecule has 0 saturated carbocycles. The lowest BCUT2D eigenvalue weighted by atomic mass is 10.1. The Hall–Kier alpha value is -1.88. The van der Waals surface area contributed by atoms with Crippen molar-refractivity contribution in [2.75, 3.05) is 24.5 Å². The van der Waals surface area contributed by atoms with E-state index in [9.17, 15) is 9.59 Å². The van der Waals surface area contributed by atoms with Crippen molar-refractivity contribution in [3.05, 3.63) is 30.3 Å². The van der Waals surface area contributed by atoms with E-state index in [0.717, 1.165) is 5.69 Å². The number of nitrogens with zero attached hydrogens (tertiary/aromatic N) is 2. The van der Waals surface area contributed by atoms with Crippen molar-refractivity contribution >= 4 is 17.5 Å². The van der Waals surface area contributed by atoms with Gasteiger partial charge in [0.15, 0.2) is 0 Å². The summed E-state index contributed by atoms with van der Waals surface area (Å²) in [4.78, 5) is 28.3. The van der Waals surface area contributed by atoms with Crippen LogP contribution < -0.4 is 10.6 Å². The molecule has 1 aromatic carbocycles. The molecule has 1 saturated heterocycles. The number of likely N-dealkylation sites (N-methyl/N-ethyl adjacent to an activating group) is 1. The van der Waals surface area contributed by atoms with E-state index in [-0.39, 0.29) is 17.9 Å². The topological polar surface area (TPSA) is 66.6 Å². The zero-order valence-corrected chi connectivity index (χ0v) is 12.5. The standard InChI is InChI=1S/C16H23N3O2/c1-2-18(15(20)9-6-11-17)14-10-12-19(16(14)21)13-7-4-3-5-8-13/h3-5,7-8,14H,2,6,9-12,17H2,1H3. The van der Waals surface area contributed by atoms with E-state index in [2.05, 4.69) is 0 Å². The second-order valence-corrected chi connectivity index (χ2v) is 5.20. The van der Waals surface area contributed by atoms with Crippen molar-refractivity contribution in [3.8, 4) is 0 Å². The van der Waals surface area contributed by atoms with E-state index >= 15 is 0 Å². The summed E-state index contributed by atoms with van der Waals surface area (Å²) in [6.07, 6.45) is 1.77. The molecule has 0 spiro atoms. The van der Waals surface area contributed by atoms with E-state index in [4.69, 9.17) is 5.73 Å². The van der Waals surface area contributed by atoms with Gasteiger partial charge in [0.1, 0.15) is 6.04 Å². The van der Waals surface area contributed by atoms with Gasteiger partial charge in [-0.3, -0.25) is 9.59 Å². The number of carbonyl (C=O) groups excluding carboxylic acids is 2. The molecule has 1 heterocycles. The Labute approximate surface area is 125 Å². The molecule has 0 aromatic heterocycles. The van der Waals surface area contributed by atoms with Crippen molar-refractivity contribution in [3.63, 3.8) is 0 Å². The highest BCUT2D eigenvalue weighted by Gasteiger charge is 2.37. The summed E-state index contributed by atoms with van der Waals surface area (Å²) in [5, 5.41) is 0. The van der Waals surface area contributed by atoms with E-state index in [1.165, 1.54) is 0 Å². The quantitative estimate of drug-likeness (QED) is 0.860. The third-order valence-electron chi connectivity index (χ3n) is 3.88. The molecular formula is C16H23N3O2. The fraction of sp³-hybridized carbons (Fsp3) is 0.500. The molecule has 2 N–H and O–H groups in total. The van der Waals surface area contributed by atoms with Gasteiger partial charge in [-0.1, -0.05) is 18.2 Å². The highest BCUT2D eigenvalue weighted by Crippen LogP contribution is 2.24. The van der Waals surface area contributed by atoms with E-state index < -0.39 is 0 Å². The molecule has 1 atom stereocenters. The molecule has 1 aliphatic heterocycles. The lowest BCUT2D eigenvalue weighted by molar-refractivity contribution is -0.138. The Morgan fingerprint density at radius 1 is 1.38 bits per heavy atom. The average Bonchev–Trinajstić information content (AvgIpc) is 2.89. The minimum absolute atomic E-state index is 0.0177. The smallest absolute Gasteiger partial charge is 0.249 e. The fourth-order valence-electron chi connectivity index (χ4n) is 2.79. The Morgan fingerprint density at radius 3 is 2.71 bits per heavy atom. The van der Waals surface area contributed by atoms with Gasteiger partial charge in [0.25, 0.3) is 0 Å². The van der Waals surface area contributed by atoms with E-state index in [0.29, 0.717) is 38.9 Å². The van der Waals surface area contributed by atoms with Crippen LogP contribution in [0.1, 0.15) is 26.2 Å². The number of hydrogen-bond donors (Lipinski definition) is 1. The maximum absolute atomic E-state index is 12.6. The van der Waals surface area contributed by atoms with Gasteiger partial charge < -0.3 is 15.5 Å². The molecule has 1 aliphatic rings. The molecule has 5 nitrogen and oxygen atoms in total. The fourth-order valence-corrected chi connectivity index (χ4v) is 2.79. The number of rotatable bonds is 6. The Bertz CT molecular complexity index is 490. The molecule has 0 aliphatic carbocycles. The maximum Gasteiger partial charge on any atom is 0.249 e. The van der Waals surface area contributed by atoms with Crippen LogP contribution in [-0.4, -0.2) is 42.4 Å². The first-order valence-electron chi connectivity index (χ1n) is 7.55. The number of hydrogen-bond acceptors (Lipinski definition) is 3. The molecule has 1 aromatic rings. The first kappa shape index (κ1) is 15.5. The zero-order valence-electron chi connectivity index (χ0n) is 12.5. The van der Waals surface area contributed by atoms with Gasteiger partial charge in [0.2, 0.25) is 11.8 Å². The molecule has 0 radical (unpaired) electrons. The summed E-state index contributed by atoms with van der Waals surface area (Å²) < 4.78 is 0. The second-order valence-electron chi connectivity index (χ2n) is 5.20. The van der Waals surface area contributed by atoms with Crippen LogP contribution in [-0.2, 0) is 9.59 Å².